The van der Waals surface area contributed by atoms with E-state index in [0.29, 0.717) is 15.9 Å². The molecule has 4 rings (SSSR count). The molecule has 0 aliphatic carbocycles. The largest absolute Gasteiger partial charge is 0.465 e. The Bertz CT molecular complexity index is 998. The van der Waals surface area contributed by atoms with Crippen molar-refractivity contribution in [3.8, 4) is 17.0 Å². The molecule has 7 heteroatoms. The molecule has 0 amide bonds. The molecule has 5 nitrogen and oxygen atoms in total. The average Bonchev–Trinajstić information content (AvgIpc) is 3.25. The molecule has 3 heterocycles. The number of benzene rings is 1. The Morgan fingerprint density at radius 2 is 2.12 bits per heavy atom. The Morgan fingerprint density at radius 3 is 2.76 bits per heavy atom. The number of hydrogen-bond acceptors (Lipinski definition) is 4. The van der Waals surface area contributed by atoms with Gasteiger partial charge < -0.3 is 4.74 Å². The smallest absolute Gasteiger partial charge is 0.349 e. The maximum absolute atomic E-state index is 13.4. The van der Waals surface area contributed by atoms with Gasteiger partial charge in [-0.15, -0.1) is 11.3 Å². The van der Waals surface area contributed by atoms with Crippen LogP contribution in [-0.2, 0) is 13.5 Å². The number of aromatic nitrogens is 3. The number of rotatable bonds is 3. The van der Waals surface area contributed by atoms with Gasteiger partial charge in [0.15, 0.2) is 10.0 Å². The van der Waals surface area contributed by atoms with Crippen molar-refractivity contribution in [1.82, 2.24) is 9.55 Å². The topological polar surface area (TPSA) is 48.0 Å². The Balaban J connectivity index is 1.99. The zero-order chi connectivity index (χ0) is 17.6. The summed E-state index contributed by atoms with van der Waals surface area (Å²) in [5.74, 6) is 1.54. The predicted octanol–water partition coefficient (Wildman–Crippen LogP) is 2.99. The van der Waals surface area contributed by atoms with E-state index in [0.717, 1.165) is 29.1 Å². The van der Waals surface area contributed by atoms with E-state index >= 15 is 0 Å². The third kappa shape index (κ3) is 2.56. The van der Waals surface area contributed by atoms with Crippen LogP contribution in [0, 0.1) is 0 Å². The third-order valence-corrected chi connectivity index (χ3v) is 5.87. The maximum atomic E-state index is 13.4. The SMILES string of the molecule is COc1c(-c2ccccc2)c(=O)n2c([n+]1C)CCC2c1cnc(Cl)s1. The molecule has 0 saturated heterocycles. The van der Waals surface area contributed by atoms with Gasteiger partial charge >= 0.3 is 5.56 Å². The van der Waals surface area contributed by atoms with E-state index in [9.17, 15) is 4.79 Å². The average molecular weight is 375 g/mol. The number of nitrogens with zero attached hydrogens (tertiary/aromatic N) is 3. The zero-order valence-electron chi connectivity index (χ0n) is 13.9. The van der Waals surface area contributed by atoms with Crippen molar-refractivity contribution in [2.45, 2.75) is 18.9 Å². The quantitative estimate of drug-likeness (QED) is 0.662. The molecule has 3 aromatic rings. The van der Waals surface area contributed by atoms with Crippen LogP contribution in [0.5, 0.6) is 5.88 Å². The summed E-state index contributed by atoms with van der Waals surface area (Å²) in [6.45, 7) is 0. The molecule has 1 aromatic carbocycles. The second-order valence-electron chi connectivity index (χ2n) is 5.97. The van der Waals surface area contributed by atoms with Gasteiger partial charge in [0.1, 0.15) is 6.04 Å². The normalized spacial score (nSPS) is 16.0. The molecule has 1 atom stereocenters. The van der Waals surface area contributed by atoms with Crippen LogP contribution >= 0.6 is 22.9 Å². The fourth-order valence-corrected chi connectivity index (χ4v) is 4.64. The van der Waals surface area contributed by atoms with Gasteiger partial charge in [-0.1, -0.05) is 41.9 Å². The van der Waals surface area contributed by atoms with Crippen LogP contribution in [0.15, 0.2) is 41.3 Å². The molecule has 0 radical (unpaired) electrons. The Hall–Kier alpha value is -2.18. The van der Waals surface area contributed by atoms with Crippen molar-refractivity contribution in [1.29, 1.82) is 0 Å². The van der Waals surface area contributed by atoms with Crippen LogP contribution in [0.25, 0.3) is 11.1 Å². The fourth-order valence-electron chi connectivity index (χ4n) is 3.56. The van der Waals surface area contributed by atoms with Gasteiger partial charge in [-0.2, -0.15) is 4.57 Å². The summed E-state index contributed by atoms with van der Waals surface area (Å²) in [6.07, 6.45) is 3.42. The van der Waals surface area contributed by atoms with E-state index in [2.05, 4.69) is 4.98 Å². The van der Waals surface area contributed by atoms with Crippen LogP contribution in [0.1, 0.15) is 23.2 Å². The molecule has 0 N–H and O–H groups in total. The van der Waals surface area contributed by atoms with Crippen molar-refractivity contribution in [3.63, 3.8) is 0 Å². The molecule has 25 heavy (non-hydrogen) atoms. The summed E-state index contributed by atoms with van der Waals surface area (Å²) < 4.78 is 9.95. The van der Waals surface area contributed by atoms with E-state index in [1.807, 2.05) is 46.5 Å². The van der Waals surface area contributed by atoms with Crippen molar-refractivity contribution < 1.29 is 9.30 Å². The van der Waals surface area contributed by atoms with E-state index in [-0.39, 0.29) is 11.6 Å². The Morgan fingerprint density at radius 1 is 1.36 bits per heavy atom. The standard InChI is InChI=1S/C18H17ClN3O2S/c1-21-14-9-8-12(13-10-20-18(19)25-13)22(14)16(23)15(17(21)24-2)11-6-4-3-5-7-11/h3-7,10,12H,8-9H2,1-2H3/q+1. The lowest BCUT2D eigenvalue weighted by molar-refractivity contribution is -0.687. The number of halogens is 1. The van der Waals surface area contributed by atoms with Crippen molar-refractivity contribution >= 4 is 22.9 Å². The van der Waals surface area contributed by atoms with Crippen LogP contribution in [0.4, 0.5) is 0 Å². The number of ether oxygens (including phenoxy) is 1. The van der Waals surface area contributed by atoms with Gasteiger partial charge in [0.05, 0.1) is 25.5 Å². The Labute approximate surface area is 154 Å². The minimum absolute atomic E-state index is 0.0351. The molecular weight excluding hydrogens is 358 g/mol. The van der Waals surface area contributed by atoms with Crippen LogP contribution in [-0.4, -0.2) is 16.7 Å². The first-order valence-corrected chi connectivity index (χ1v) is 9.19. The molecule has 2 aromatic heterocycles. The second kappa shape index (κ2) is 6.28. The molecular formula is C18H17ClN3O2S+. The highest BCUT2D eigenvalue weighted by Crippen LogP contribution is 2.35. The van der Waals surface area contributed by atoms with Gasteiger partial charge in [0.25, 0.3) is 11.7 Å². The summed E-state index contributed by atoms with van der Waals surface area (Å²) in [4.78, 5) is 18.6. The number of hydrogen-bond donors (Lipinski definition) is 0. The first kappa shape index (κ1) is 16.3. The zero-order valence-corrected chi connectivity index (χ0v) is 15.5. The molecule has 0 bridgehead atoms. The maximum Gasteiger partial charge on any atom is 0.349 e. The second-order valence-corrected chi connectivity index (χ2v) is 7.62. The lowest BCUT2D eigenvalue weighted by Gasteiger charge is -2.13. The van der Waals surface area contributed by atoms with Gasteiger partial charge in [-0.05, 0) is 5.56 Å². The minimum atomic E-state index is -0.0387. The monoisotopic (exact) mass is 374 g/mol. The van der Waals surface area contributed by atoms with E-state index in [1.165, 1.54) is 11.3 Å². The van der Waals surface area contributed by atoms with Gasteiger partial charge in [0, 0.05) is 12.6 Å². The molecule has 1 aliphatic heterocycles. The first-order valence-electron chi connectivity index (χ1n) is 8.00. The summed E-state index contributed by atoms with van der Waals surface area (Å²) in [6, 6.07) is 9.61. The van der Waals surface area contributed by atoms with Gasteiger partial charge in [-0.25, -0.2) is 14.3 Å². The summed E-state index contributed by atoms with van der Waals surface area (Å²) in [5, 5.41) is 0. The first-order chi connectivity index (χ1) is 12.1. The van der Waals surface area contributed by atoms with Crippen molar-refractivity contribution in [2.75, 3.05) is 7.11 Å². The van der Waals surface area contributed by atoms with Crippen LogP contribution in [0.3, 0.4) is 0 Å². The van der Waals surface area contributed by atoms with E-state index in [4.69, 9.17) is 16.3 Å². The third-order valence-electron chi connectivity index (χ3n) is 4.65. The molecule has 0 saturated carbocycles. The molecule has 1 unspecified atom stereocenters. The molecule has 0 fully saturated rings. The van der Waals surface area contributed by atoms with Crippen LogP contribution < -0.4 is 14.9 Å². The van der Waals surface area contributed by atoms with Crippen molar-refractivity contribution in [2.24, 2.45) is 7.05 Å². The van der Waals surface area contributed by atoms with Gasteiger partial charge in [-0.3, -0.25) is 0 Å². The summed E-state index contributed by atoms with van der Waals surface area (Å²) in [7, 11) is 3.55. The van der Waals surface area contributed by atoms with Crippen molar-refractivity contribution in [3.05, 3.63) is 62.1 Å². The molecule has 1 aliphatic rings. The van der Waals surface area contributed by atoms with Crippen LogP contribution in [0.2, 0.25) is 4.47 Å². The molecule has 0 spiro atoms. The summed E-state index contributed by atoms with van der Waals surface area (Å²) in [5.41, 5.74) is 1.39. The number of fused-ring (bicyclic) bond motifs is 1. The van der Waals surface area contributed by atoms with Gasteiger partial charge in [0.2, 0.25) is 0 Å². The highest BCUT2D eigenvalue weighted by atomic mass is 35.5. The minimum Gasteiger partial charge on any atom is -0.465 e. The highest BCUT2D eigenvalue weighted by molar-refractivity contribution is 7.15. The predicted molar refractivity (Wildman–Crippen MR) is 97.5 cm³/mol. The lowest BCUT2D eigenvalue weighted by Crippen LogP contribution is -2.43. The highest BCUT2D eigenvalue weighted by Gasteiger charge is 2.39. The van der Waals surface area contributed by atoms with E-state index < -0.39 is 0 Å². The Kier molecular flexibility index (Phi) is 4.09. The lowest BCUT2D eigenvalue weighted by atomic mass is 10.1. The fraction of sp³-hybridized carbons (Fsp3) is 0.278. The molecule has 128 valence electrons. The van der Waals surface area contributed by atoms with E-state index in [1.54, 1.807) is 13.3 Å². The summed E-state index contributed by atoms with van der Waals surface area (Å²) >= 11 is 7.44. The number of thiazole rings is 1. The number of methoxy groups -OCH3 is 1.